The first-order valence-corrected chi connectivity index (χ1v) is 9.13. The van der Waals surface area contributed by atoms with E-state index in [2.05, 4.69) is 31.7 Å². The first-order valence-electron chi connectivity index (χ1n) is 7.96. The van der Waals surface area contributed by atoms with E-state index < -0.39 is 0 Å². The van der Waals surface area contributed by atoms with Gasteiger partial charge in [0, 0.05) is 24.7 Å². The van der Waals surface area contributed by atoms with Crippen LogP contribution in [0.15, 0.2) is 22.8 Å². The molecule has 2 aromatic rings. The molecule has 1 aromatic carbocycles. The first-order chi connectivity index (χ1) is 11.9. The smallest absolute Gasteiger partial charge is 0.274 e. The summed E-state index contributed by atoms with van der Waals surface area (Å²) in [6, 6.07) is 4.93. The molecule has 3 rings (SSSR count). The van der Waals surface area contributed by atoms with Crippen LogP contribution in [0.1, 0.15) is 39.3 Å². The number of hydrogen-bond acceptors (Lipinski definition) is 3. The van der Waals surface area contributed by atoms with Crippen LogP contribution < -0.4 is 10.6 Å². The van der Waals surface area contributed by atoms with E-state index in [0.29, 0.717) is 38.1 Å². The van der Waals surface area contributed by atoms with E-state index >= 15 is 0 Å². The summed E-state index contributed by atoms with van der Waals surface area (Å²) in [6.07, 6.45) is 2.32. The lowest BCUT2D eigenvalue weighted by Gasteiger charge is -2.14. The zero-order valence-electron chi connectivity index (χ0n) is 13.9. The monoisotopic (exact) mass is 424 g/mol. The Hall–Kier alpha value is -1.86. The van der Waals surface area contributed by atoms with Crippen LogP contribution in [0.4, 0.5) is 5.69 Å². The number of carbonyl (C=O) groups excluding carboxylic acids is 2. The Bertz CT molecular complexity index is 845. The van der Waals surface area contributed by atoms with E-state index in [1.807, 2.05) is 0 Å². The van der Waals surface area contributed by atoms with E-state index in [4.69, 9.17) is 11.6 Å². The molecule has 25 heavy (non-hydrogen) atoms. The average molecular weight is 426 g/mol. The van der Waals surface area contributed by atoms with Crippen molar-refractivity contribution < 1.29 is 9.59 Å². The molecule has 1 fully saturated rings. The standard InChI is InChI=1S/C17H18BrClN4O2/c1-9-5-11(19)6-12(16(24)20-2)15(9)21-17(25)13-7-14(18)22-23(13)8-10-3-4-10/h5-7,10H,3-4,8H2,1-2H3,(H,20,24)(H,21,25). The van der Waals surface area contributed by atoms with Crippen LogP contribution in [0.5, 0.6) is 0 Å². The van der Waals surface area contributed by atoms with Crippen LogP contribution in [-0.4, -0.2) is 28.6 Å². The third kappa shape index (κ3) is 4.04. The number of anilines is 1. The summed E-state index contributed by atoms with van der Waals surface area (Å²) in [6.45, 7) is 2.52. The van der Waals surface area contributed by atoms with Crippen molar-refractivity contribution in [3.63, 3.8) is 0 Å². The summed E-state index contributed by atoms with van der Waals surface area (Å²) >= 11 is 9.38. The Labute approximate surface area is 159 Å². The number of hydrogen-bond donors (Lipinski definition) is 2. The molecule has 1 aliphatic rings. The Morgan fingerprint density at radius 1 is 1.32 bits per heavy atom. The van der Waals surface area contributed by atoms with Crippen molar-refractivity contribution in [2.45, 2.75) is 26.3 Å². The highest BCUT2D eigenvalue weighted by atomic mass is 79.9. The largest absolute Gasteiger partial charge is 0.355 e. The van der Waals surface area contributed by atoms with Crippen molar-refractivity contribution in [1.29, 1.82) is 0 Å². The maximum atomic E-state index is 12.8. The number of amides is 2. The van der Waals surface area contributed by atoms with Gasteiger partial charge in [0.25, 0.3) is 11.8 Å². The third-order valence-electron chi connectivity index (χ3n) is 4.12. The lowest BCUT2D eigenvalue weighted by atomic mass is 10.1. The van der Waals surface area contributed by atoms with Crippen LogP contribution in [0.2, 0.25) is 5.02 Å². The Morgan fingerprint density at radius 2 is 2.04 bits per heavy atom. The lowest BCUT2D eigenvalue weighted by Crippen LogP contribution is -2.24. The summed E-state index contributed by atoms with van der Waals surface area (Å²) in [5.74, 6) is -0.0416. The van der Waals surface area contributed by atoms with Crippen LogP contribution in [-0.2, 0) is 6.54 Å². The van der Waals surface area contributed by atoms with Gasteiger partial charge in [0.2, 0.25) is 0 Å². The number of nitrogens with zero attached hydrogens (tertiary/aromatic N) is 2. The highest BCUT2D eigenvalue weighted by Gasteiger charge is 2.26. The molecule has 0 bridgehead atoms. The number of rotatable bonds is 5. The molecule has 1 aromatic heterocycles. The summed E-state index contributed by atoms with van der Waals surface area (Å²) < 4.78 is 2.32. The summed E-state index contributed by atoms with van der Waals surface area (Å²) in [7, 11) is 1.53. The predicted molar refractivity (Wildman–Crippen MR) is 100 cm³/mol. The zero-order chi connectivity index (χ0) is 18.1. The molecule has 2 N–H and O–H groups in total. The molecule has 132 valence electrons. The van der Waals surface area contributed by atoms with Crippen LogP contribution >= 0.6 is 27.5 Å². The van der Waals surface area contributed by atoms with E-state index in [1.165, 1.54) is 7.05 Å². The zero-order valence-corrected chi connectivity index (χ0v) is 16.2. The molecule has 0 unspecified atom stereocenters. The second kappa shape index (κ2) is 7.17. The van der Waals surface area contributed by atoms with Gasteiger partial charge >= 0.3 is 0 Å². The van der Waals surface area contributed by atoms with E-state index in [0.717, 1.165) is 19.4 Å². The second-order valence-electron chi connectivity index (χ2n) is 6.16. The van der Waals surface area contributed by atoms with E-state index in [1.54, 1.807) is 29.8 Å². The first kappa shape index (κ1) is 17.9. The predicted octanol–water partition coefficient (Wildman–Crippen LogP) is 3.63. The van der Waals surface area contributed by atoms with Gasteiger partial charge < -0.3 is 10.6 Å². The number of benzene rings is 1. The molecule has 1 heterocycles. The van der Waals surface area contributed by atoms with Gasteiger partial charge in [0.1, 0.15) is 10.3 Å². The highest BCUT2D eigenvalue weighted by molar-refractivity contribution is 9.10. The Balaban J connectivity index is 1.92. The van der Waals surface area contributed by atoms with Gasteiger partial charge in [-0.05, 0) is 59.3 Å². The molecule has 6 nitrogen and oxygen atoms in total. The minimum absolute atomic E-state index is 0.311. The fourth-order valence-electron chi connectivity index (χ4n) is 2.65. The third-order valence-corrected chi connectivity index (χ3v) is 4.73. The van der Waals surface area contributed by atoms with Gasteiger partial charge in [0.15, 0.2) is 0 Å². The van der Waals surface area contributed by atoms with Gasteiger partial charge in [-0.1, -0.05) is 11.6 Å². The number of halogens is 2. The molecule has 0 spiro atoms. The Morgan fingerprint density at radius 3 is 2.68 bits per heavy atom. The van der Waals surface area contributed by atoms with Crippen molar-refractivity contribution in [2.24, 2.45) is 5.92 Å². The van der Waals surface area contributed by atoms with Crippen LogP contribution in [0.25, 0.3) is 0 Å². The average Bonchev–Trinajstić information content (AvgIpc) is 3.29. The number of aryl methyl sites for hydroxylation is 1. The molecule has 2 amide bonds. The molecule has 0 radical (unpaired) electrons. The summed E-state index contributed by atoms with van der Waals surface area (Å²) in [5.41, 5.74) is 1.94. The van der Waals surface area contributed by atoms with Gasteiger partial charge in [-0.2, -0.15) is 5.10 Å². The molecular weight excluding hydrogens is 408 g/mol. The molecular formula is C17H18BrClN4O2. The van der Waals surface area contributed by atoms with Crippen LogP contribution in [0, 0.1) is 12.8 Å². The van der Waals surface area contributed by atoms with Crippen LogP contribution in [0.3, 0.4) is 0 Å². The maximum absolute atomic E-state index is 12.8. The number of aromatic nitrogens is 2. The van der Waals surface area contributed by atoms with Gasteiger partial charge in [-0.15, -0.1) is 0 Å². The maximum Gasteiger partial charge on any atom is 0.274 e. The lowest BCUT2D eigenvalue weighted by molar-refractivity contribution is 0.0964. The molecule has 1 saturated carbocycles. The molecule has 8 heteroatoms. The number of nitrogens with one attached hydrogen (secondary N) is 2. The van der Waals surface area contributed by atoms with Crippen molar-refractivity contribution in [2.75, 3.05) is 12.4 Å². The summed E-state index contributed by atoms with van der Waals surface area (Å²) in [4.78, 5) is 24.9. The minimum Gasteiger partial charge on any atom is -0.355 e. The van der Waals surface area contributed by atoms with Crippen molar-refractivity contribution >= 4 is 45.0 Å². The quantitative estimate of drug-likeness (QED) is 0.768. The topological polar surface area (TPSA) is 76.0 Å². The SMILES string of the molecule is CNC(=O)c1cc(Cl)cc(C)c1NC(=O)c1cc(Br)nn1CC1CC1. The van der Waals surface area contributed by atoms with Gasteiger partial charge in [-0.3, -0.25) is 14.3 Å². The molecule has 0 aliphatic heterocycles. The van der Waals surface area contributed by atoms with E-state index in [-0.39, 0.29) is 11.8 Å². The highest BCUT2D eigenvalue weighted by Crippen LogP contribution is 2.31. The van der Waals surface area contributed by atoms with Gasteiger partial charge in [-0.25, -0.2) is 0 Å². The van der Waals surface area contributed by atoms with Gasteiger partial charge in [0.05, 0.1) is 11.3 Å². The number of carbonyl (C=O) groups is 2. The second-order valence-corrected chi connectivity index (χ2v) is 7.41. The van der Waals surface area contributed by atoms with Crippen molar-refractivity contribution in [1.82, 2.24) is 15.1 Å². The van der Waals surface area contributed by atoms with E-state index in [9.17, 15) is 9.59 Å². The molecule has 1 aliphatic carbocycles. The van der Waals surface area contributed by atoms with Crippen molar-refractivity contribution in [3.05, 3.63) is 44.6 Å². The fourth-order valence-corrected chi connectivity index (χ4v) is 3.33. The van der Waals surface area contributed by atoms with Crippen molar-refractivity contribution in [3.8, 4) is 0 Å². The minimum atomic E-state index is -0.312. The summed E-state index contributed by atoms with van der Waals surface area (Å²) in [5, 5.41) is 10.2. The normalized spacial score (nSPS) is 13.6. The molecule has 0 saturated heterocycles. The molecule has 0 atom stereocenters. The Kier molecular flexibility index (Phi) is 5.15. The fraction of sp³-hybridized carbons (Fsp3) is 0.353.